The molecule has 0 radical (unpaired) electrons. The van der Waals surface area contributed by atoms with Crippen LogP contribution in [0.3, 0.4) is 0 Å². The van der Waals surface area contributed by atoms with Crippen molar-refractivity contribution in [1.82, 2.24) is 9.88 Å². The van der Waals surface area contributed by atoms with Gasteiger partial charge in [0.25, 0.3) is 17.4 Å². The van der Waals surface area contributed by atoms with Crippen LogP contribution in [0.15, 0.2) is 84.7 Å². The highest BCUT2D eigenvalue weighted by atomic mass is 16.6. The SMILES string of the molecule is O=C1C(=O)N(Cc2cccnc2)[C@@H](c2ccccc2[N+](=O)[O-])/C1=C(\O)c1ccccc1. The fraction of sp³-hybridized carbons (Fsp3) is 0.0870. The minimum atomic E-state index is -1.12. The maximum Gasteiger partial charge on any atom is 0.295 e. The highest BCUT2D eigenvalue weighted by molar-refractivity contribution is 6.46. The number of ketones is 1. The number of carbonyl (C=O) groups is 2. The Morgan fingerprint density at radius 2 is 1.74 bits per heavy atom. The number of aliphatic hydroxyl groups is 1. The standard InChI is InChI=1S/C23H17N3O5/c27-21(16-8-2-1-3-9-16)19-20(17-10-4-5-11-18(17)26(30)31)25(23(29)22(19)28)14-15-7-6-12-24-13-15/h1-13,20,27H,14H2/b21-19+/t20-/m0/s1. The molecule has 0 bridgehead atoms. The molecule has 1 atom stereocenters. The maximum atomic E-state index is 13.0. The Morgan fingerprint density at radius 3 is 2.42 bits per heavy atom. The van der Waals surface area contributed by atoms with Gasteiger partial charge in [-0.15, -0.1) is 0 Å². The van der Waals surface area contributed by atoms with Crippen LogP contribution in [0.25, 0.3) is 5.76 Å². The van der Waals surface area contributed by atoms with Crippen molar-refractivity contribution in [2.45, 2.75) is 12.6 Å². The van der Waals surface area contributed by atoms with Crippen LogP contribution in [0, 0.1) is 10.1 Å². The molecule has 4 rings (SSSR count). The Balaban J connectivity index is 1.93. The van der Waals surface area contributed by atoms with Crippen LogP contribution in [0.1, 0.15) is 22.7 Å². The summed E-state index contributed by atoms with van der Waals surface area (Å²) in [6.45, 7) is 0.000693. The molecule has 154 valence electrons. The summed E-state index contributed by atoms with van der Waals surface area (Å²) in [5, 5.41) is 22.6. The van der Waals surface area contributed by atoms with Crippen LogP contribution < -0.4 is 0 Å². The molecule has 0 spiro atoms. The van der Waals surface area contributed by atoms with E-state index in [1.165, 1.54) is 23.1 Å². The van der Waals surface area contributed by atoms with E-state index in [1.807, 2.05) is 0 Å². The zero-order chi connectivity index (χ0) is 22.0. The molecule has 1 aliphatic rings. The molecule has 1 amide bonds. The van der Waals surface area contributed by atoms with E-state index in [9.17, 15) is 24.8 Å². The molecule has 1 saturated heterocycles. The van der Waals surface area contributed by atoms with Gasteiger partial charge in [0.15, 0.2) is 0 Å². The quantitative estimate of drug-likeness (QED) is 0.224. The van der Waals surface area contributed by atoms with Gasteiger partial charge in [0.05, 0.1) is 22.1 Å². The first-order chi connectivity index (χ1) is 15.0. The van der Waals surface area contributed by atoms with Crippen molar-refractivity contribution in [3.05, 3.63) is 112 Å². The third-order valence-electron chi connectivity index (χ3n) is 5.09. The van der Waals surface area contributed by atoms with Crippen LogP contribution in [0.4, 0.5) is 5.69 Å². The number of aromatic nitrogens is 1. The Kier molecular flexibility index (Phi) is 5.28. The highest BCUT2D eigenvalue weighted by Gasteiger charge is 2.48. The first-order valence-electron chi connectivity index (χ1n) is 9.45. The molecule has 8 nitrogen and oxygen atoms in total. The first kappa shape index (κ1) is 20.0. The number of nitro benzene ring substituents is 1. The molecule has 0 saturated carbocycles. The van der Waals surface area contributed by atoms with E-state index < -0.39 is 22.7 Å². The smallest absolute Gasteiger partial charge is 0.295 e. The molecule has 31 heavy (non-hydrogen) atoms. The van der Waals surface area contributed by atoms with Crippen molar-refractivity contribution < 1.29 is 19.6 Å². The third-order valence-corrected chi connectivity index (χ3v) is 5.09. The van der Waals surface area contributed by atoms with E-state index in [0.29, 0.717) is 11.1 Å². The first-order valence-corrected chi connectivity index (χ1v) is 9.45. The number of rotatable bonds is 5. The number of pyridine rings is 1. The fourth-order valence-corrected chi connectivity index (χ4v) is 3.69. The van der Waals surface area contributed by atoms with Crippen molar-refractivity contribution in [3.63, 3.8) is 0 Å². The molecular weight excluding hydrogens is 398 g/mol. The summed E-state index contributed by atoms with van der Waals surface area (Å²) in [7, 11) is 0. The lowest BCUT2D eigenvalue weighted by atomic mass is 9.94. The molecule has 0 unspecified atom stereocenters. The minimum absolute atomic E-state index is 0.000693. The van der Waals surface area contributed by atoms with Crippen molar-refractivity contribution in [2.75, 3.05) is 0 Å². The minimum Gasteiger partial charge on any atom is -0.507 e. The normalized spacial score (nSPS) is 17.7. The Labute approximate surface area is 177 Å². The van der Waals surface area contributed by atoms with Crippen LogP contribution in [-0.2, 0) is 16.1 Å². The second-order valence-corrected chi connectivity index (χ2v) is 6.97. The lowest BCUT2D eigenvalue weighted by Gasteiger charge is -2.25. The number of Topliss-reactive ketones (excluding diaryl/α,β-unsaturated/α-hetero) is 1. The lowest BCUT2D eigenvalue weighted by Crippen LogP contribution is -2.29. The van der Waals surface area contributed by atoms with Gasteiger partial charge < -0.3 is 10.0 Å². The van der Waals surface area contributed by atoms with Crippen molar-refractivity contribution >= 4 is 23.1 Å². The monoisotopic (exact) mass is 415 g/mol. The summed E-state index contributed by atoms with van der Waals surface area (Å²) in [4.78, 5) is 42.3. The molecule has 0 aliphatic carbocycles. The number of nitrogens with zero attached hydrogens (tertiary/aromatic N) is 3. The van der Waals surface area contributed by atoms with Gasteiger partial charge in [0.1, 0.15) is 5.76 Å². The van der Waals surface area contributed by atoms with Gasteiger partial charge in [-0.05, 0) is 17.7 Å². The summed E-state index contributed by atoms with van der Waals surface area (Å²) >= 11 is 0. The lowest BCUT2D eigenvalue weighted by molar-refractivity contribution is -0.385. The van der Waals surface area contributed by atoms with Crippen molar-refractivity contribution in [2.24, 2.45) is 0 Å². The van der Waals surface area contributed by atoms with Crippen LogP contribution in [0.5, 0.6) is 0 Å². The summed E-state index contributed by atoms with van der Waals surface area (Å²) in [5.41, 5.74) is 0.699. The number of hydrogen-bond acceptors (Lipinski definition) is 6. The van der Waals surface area contributed by atoms with Gasteiger partial charge in [0, 0.05) is 30.6 Å². The van der Waals surface area contributed by atoms with E-state index in [2.05, 4.69) is 4.98 Å². The number of likely N-dealkylation sites (tertiary alicyclic amines) is 1. The molecule has 8 heteroatoms. The number of benzene rings is 2. The molecule has 3 aromatic rings. The van der Waals surface area contributed by atoms with Crippen LogP contribution in [0.2, 0.25) is 0 Å². The number of amides is 1. The third kappa shape index (κ3) is 3.66. The Morgan fingerprint density at radius 1 is 1.03 bits per heavy atom. The predicted molar refractivity (Wildman–Crippen MR) is 112 cm³/mol. The van der Waals surface area contributed by atoms with Gasteiger partial charge in [-0.2, -0.15) is 0 Å². The molecule has 2 aromatic carbocycles. The molecule has 2 heterocycles. The zero-order valence-corrected chi connectivity index (χ0v) is 16.2. The molecule has 1 aliphatic heterocycles. The van der Waals surface area contributed by atoms with Gasteiger partial charge in [0.2, 0.25) is 0 Å². The molecule has 1 fully saturated rings. The van der Waals surface area contributed by atoms with Crippen LogP contribution >= 0.6 is 0 Å². The van der Waals surface area contributed by atoms with Crippen LogP contribution in [-0.4, -0.2) is 31.6 Å². The number of aliphatic hydroxyl groups excluding tert-OH is 1. The average molecular weight is 415 g/mol. The number of carbonyl (C=O) groups excluding carboxylic acids is 2. The second-order valence-electron chi connectivity index (χ2n) is 6.97. The largest absolute Gasteiger partial charge is 0.507 e. The summed E-state index contributed by atoms with van der Waals surface area (Å²) in [5.74, 6) is -2.12. The molecular formula is C23H17N3O5. The summed E-state index contributed by atoms with van der Waals surface area (Å²) < 4.78 is 0. The number of para-hydroxylation sites is 1. The van der Waals surface area contributed by atoms with Gasteiger partial charge in [-0.1, -0.05) is 48.5 Å². The fourth-order valence-electron chi connectivity index (χ4n) is 3.69. The Bertz CT molecular complexity index is 1190. The number of nitro groups is 1. The Hall–Kier alpha value is -4.33. The van der Waals surface area contributed by atoms with Crippen molar-refractivity contribution in [1.29, 1.82) is 0 Å². The molecule has 1 N–H and O–H groups in total. The summed E-state index contributed by atoms with van der Waals surface area (Å²) in [6, 6.07) is 16.5. The molecule has 1 aromatic heterocycles. The van der Waals surface area contributed by atoms with Crippen molar-refractivity contribution in [3.8, 4) is 0 Å². The van der Waals surface area contributed by atoms with E-state index in [4.69, 9.17) is 0 Å². The van der Waals surface area contributed by atoms with E-state index in [-0.39, 0.29) is 29.1 Å². The zero-order valence-electron chi connectivity index (χ0n) is 16.2. The maximum absolute atomic E-state index is 13.0. The topological polar surface area (TPSA) is 114 Å². The van der Waals surface area contributed by atoms with Gasteiger partial charge in [-0.3, -0.25) is 24.7 Å². The summed E-state index contributed by atoms with van der Waals surface area (Å²) in [6.07, 6.45) is 3.12. The van der Waals surface area contributed by atoms with Gasteiger partial charge >= 0.3 is 0 Å². The number of hydrogen-bond donors (Lipinski definition) is 1. The van der Waals surface area contributed by atoms with E-state index >= 15 is 0 Å². The highest BCUT2D eigenvalue weighted by Crippen LogP contribution is 2.43. The van der Waals surface area contributed by atoms with E-state index in [1.54, 1.807) is 60.9 Å². The average Bonchev–Trinajstić information content (AvgIpc) is 3.04. The van der Waals surface area contributed by atoms with Gasteiger partial charge in [-0.25, -0.2) is 0 Å². The second kappa shape index (κ2) is 8.19. The van der Waals surface area contributed by atoms with E-state index in [0.717, 1.165) is 0 Å². The predicted octanol–water partition coefficient (Wildman–Crippen LogP) is 3.61.